The number of nitrogens with zero attached hydrogens (tertiary/aromatic N) is 1. The molecule has 18 heavy (non-hydrogen) atoms. The molecule has 4 nitrogen and oxygen atoms in total. The number of hydrogen-bond donors (Lipinski definition) is 0. The van der Waals surface area contributed by atoms with E-state index in [4.69, 9.17) is 4.74 Å². The molecular formula is C14H25NO3. The van der Waals surface area contributed by atoms with E-state index in [0.29, 0.717) is 13.2 Å². The molecule has 1 rings (SSSR count). The minimum Gasteiger partial charge on any atom is -0.466 e. The Hall–Kier alpha value is -1.06. The minimum atomic E-state index is -0.154. The summed E-state index contributed by atoms with van der Waals surface area (Å²) in [6, 6.07) is 0. The van der Waals surface area contributed by atoms with Crippen LogP contribution in [0.2, 0.25) is 0 Å². The van der Waals surface area contributed by atoms with E-state index < -0.39 is 0 Å². The van der Waals surface area contributed by atoms with Crippen LogP contribution in [0.3, 0.4) is 0 Å². The lowest BCUT2D eigenvalue weighted by molar-refractivity contribution is -0.151. The molecule has 1 aliphatic heterocycles. The number of piperidine rings is 1. The molecule has 0 saturated carbocycles. The molecule has 1 saturated heterocycles. The molecule has 0 aliphatic carbocycles. The van der Waals surface area contributed by atoms with E-state index in [2.05, 4.69) is 6.92 Å². The highest BCUT2D eigenvalue weighted by atomic mass is 16.5. The van der Waals surface area contributed by atoms with Gasteiger partial charge < -0.3 is 9.64 Å². The lowest BCUT2D eigenvalue weighted by Crippen LogP contribution is -2.44. The van der Waals surface area contributed by atoms with Gasteiger partial charge in [0, 0.05) is 19.0 Å². The lowest BCUT2D eigenvalue weighted by atomic mass is 9.96. The molecule has 104 valence electrons. The summed E-state index contributed by atoms with van der Waals surface area (Å²) in [5.74, 6) is -0.0311. The molecule has 0 aromatic rings. The molecule has 0 radical (unpaired) electrons. The number of hydrogen-bond acceptors (Lipinski definition) is 3. The van der Waals surface area contributed by atoms with Gasteiger partial charge in [-0.15, -0.1) is 0 Å². The van der Waals surface area contributed by atoms with E-state index in [1.54, 1.807) is 0 Å². The summed E-state index contributed by atoms with van der Waals surface area (Å²) >= 11 is 0. The Morgan fingerprint density at radius 3 is 2.72 bits per heavy atom. The summed E-state index contributed by atoms with van der Waals surface area (Å²) in [5.41, 5.74) is 0. The maximum Gasteiger partial charge on any atom is 0.310 e. The number of rotatable bonds is 5. The molecule has 0 bridgehead atoms. The Labute approximate surface area is 110 Å². The molecule has 2 atom stereocenters. The number of esters is 1. The Bertz CT molecular complexity index is 291. The smallest absolute Gasteiger partial charge is 0.310 e. The van der Waals surface area contributed by atoms with E-state index in [0.717, 1.165) is 32.2 Å². The highest BCUT2D eigenvalue weighted by Gasteiger charge is 2.30. The van der Waals surface area contributed by atoms with Crippen LogP contribution in [0.15, 0.2) is 0 Å². The van der Waals surface area contributed by atoms with Crippen LogP contribution in [-0.2, 0) is 14.3 Å². The molecule has 1 amide bonds. The summed E-state index contributed by atoms with van der Waals surface area (Å²) in [4.78, 5) is 25.7. The summed E-state index contributed by atoms with van der Waals surface area (Å²) in [7, 11) is 0. The summed E-state index contributed by atoms with van der Waals surface area (Å²) < 4.78 is 5.04. The number of likely N-dealkylation sites (tertiary alicyclic amines) is 1. The lowest BCUT2D eigenvalue weighted by Gasteiger charge is -2.33. The first-order valence-corrected chi connectivity index (χ1v) is 7.05. The number of carbonyl (C=O) groups is 2. The van der Waals surface area contributed by atoms with E-state index in [9.17, 15) is 9.59 Å². The van der Waals surface area contributed by atoms with Gasteiger partial charge in [0.1, 0.15) is 0 Å². The second kappa shape index (κ2) is 7.39. The number of carbonyl (C=O) groups excluding carboxylic acids is 2. The summed E-state index contributed by atoms with van der Waals surface area (Å²) in [5, 5.41) is 0. The van der Waals surface area contributed by atoms with E-state index in [1.807, 2.05) is 18.7 Å². The average molecular weight is 255 g/mol. The van der Waals surface area contributed by atoms with Gasteiger partial charge in [0.2, 0.25) is 5.91 Å². The van der Waals surface area contributed by atoms with Crippen LogP contribution in [0.25, 0.3) is 0 Å². The molecule has 0 N–H and O–H groups in total. The number of amides is 1. The standard InChI is InChI=1S/C14H25NO3/c1-4-7-11(3)13(16)15-9-6-8-12(10-15)14(17)18-5-2/h11-12H,4-10H2,1-3H3/t11?,12-/m0/s1. The van der Waals surface area contributed by atoms with Gasteiger partial charge >= 0.3 is 5.97 Å². The van der Waals surface area contributed by atoms with Crippen molar-refractivity contribution in [2.45, 2.75) is 46.5 Å². The second-order valence-corrected chi connectivity index (χ2v) is 5.07. The van der Waals surface area contributed by atoms with Crippen LogP contribution < -0.4 is 0 Å². The quantitative estimate of drug-likeness (QED) is 0.708. The summed E-state index contributed by atoms with van der Waals surface area (Å²) in [6.45, 7) is 7.60. The van der Waals surface area contributed by atoms with E-state index in [1.165, 1.54) is 0 Å². The Morgan fingerprint density at radius 2 is 2.11 bits per heavy atom. The molecule has 1 heterocycles. The van der Waals surface area contributed by atoms with Crippen molar-refractivity contribution in [1.29, 1.82) is 0 Å². The third-order valence-electron chi connectivity index (χ3n) is 3.50. The molecule has 1 fully saturated rings. The molecule has 0 aromatic heterocycles. The van der Waals surface area contributed by atoms with Gasteiger partial charge in [-0.3, -0.25) is 9.59 Å². The van der Waals surface area contributed by atoms with Crippen LogP contribution in [-0.4, -0.2) is 36.5 Å². The fourth-order valence-electron chi connectivity index (χ4n) is 2.50. The molecule has 0 spiro atoms. The predicted octanol–water partition coefficient (Wildman–Crippen LogP) is 2.22. The van der Waals surface area contributed by atoms with Crippen molar-refractivity contribution in [3.63, 3.8) is 0 Å². The van der Waals surface area contributed by atoms with Crippen molar-refractivity contribution >= 4 is 11.9 Å². The van der Waals surface area contributed by atoms with Gasteiger partial charge in [-0.25, -0.2) is 0 Å². The fourth-order valence-corrected chi connectivity index (χ4v) is 2.50. The first kappa shape index (κ1) is 15.0. The van der Waals surface area contributed by atoms with Crippen molar-refractivity contribution in [3.8, 4) is 0 Å². The van der Waals surface area contributed by atoms with Crippen molar-refractivity contribution in [2.24, 2.45) is 11.8 Å². The van der Waals surface area contributed by atoms with Gasteiger partial charge in [0.25, 0.3) is 0 Å². The maximum absolute atomic E-state index is 12.2. The highest BCUT2D eigenvalue weighted by molar-refractivity contribution is 5.80. The van der Waals surface area contributed by atoms with Crippen molar-refractivity contribution < 1.29 is 14.3 Å². The molecule has 0 aromatic carbocycles. The third kappa shape index (κ3) is 4.00. The zero-order valence-electron chi connectivity index (χ0n) is 11.8. The predicted molar refractivity (Wildman–Crippen MR) is 70.0 cm³/mol. The first-order valence-electron chi connectivity index (χ1n) is 7.05. The van der Waals surface area contributed by atoms with Crippen LogP contribution >= 0.6 is 0 Å². The number of ether oxygens (including phenoxy) is 1. The second-order valence-electron chi connectivity index (χ2n) is 5.07. The molecule has 1 unspecified atom stereocenters. The van der Waals surface area contributed by atoms with Crippen LogP contribution in [0.4, 0.5) is 0 Å². The van der Waals surface area contributed by atoms with Crippen LogP contribution in [0.1, 0.15) is 46.5 Å². The zero-order valence-corrected chi connectivity index (χ0v) is 11.8. The van der Waals surface area contributed by atoms with Crippen LogP contribution in [0, 0.1) is 11.8 Å². The molecule has 4 heteroatoms. The Kier molecular flexibility index (Phi) is 6.16. The SMILES string of the molecule is CCCC(C)C(=O)N1CCC[C@H](C(=O)OCC)C1. The van der Waals surface area contributed by atoms with Crippen LogP contribution in [0.5, 0.6) is 0 Å². The topological polar surface area (TPSA) is 46.6 Å². The molecule has 1 aliphatic rings. The van der Waals surface area contributed by atoms with Crippen molar-refractivity contribution in [1.82, 2.24) is 4.90 Å². The summed E-state index contributed by atoms with van der Waals surface area (Å²) in [6.07, 6.45) is 3.67. The third-order valence-corrected chi connectivity index (χ3v) is 3.50. The Morgan fingerprint density at radius 1 is 1.39 bits per heavy atom. The van der Waals surface area contributed by atoms with Gasteiger partial charge in [0.05, 0.1) is 12.5 Å². The van der Waals surface area contributed by atoms with Gasteiger partial charge in [-0.1, -0.05) is 20.3 Å². The largest absolute Gasteiger partial charge is 0.466 e. The fraction of sp³-hybridized carbons (Fsp3) is 0.857. The van der Waals surface area contributed by atoms with Gasteiger partial charge in [-0.2, -0.15) is 0 Å². The highest BCUT2D eigenvalue weighted by Crippen LogP contribution is 2.20. The van der Waals surface area contributed by atoms with Gasteiger partial charge in [-0.05, 0) is 26.2 Å². The normalized spacial score (nSPS) is 21.5. The maximum atomic E-state index is 12.2. The van der Waals surface area contributed by atoms with E-state index >= 15 is 0 Å². The Balaban J connectivity index is 2.52. The van der Waals surface area contributed by atoms with Crippen molar-refractivity contribution in [3.05, 3.63) is 0 Å². The zero-order chi connectivity index (χ0) is 13.5. The van der Waals surface area contributed by atoms with Crippen molar-refractivity contribution in [2.75, 3.05) is 19.7 Å². The minimum absolute atomic E-state index is 0.0657. The monoisotopic (exact) mass is 255 g/mol. The first-order chi connectivity index (χ1) is 8.60. The van der Waals surface area contributed by atoms with Gasteiger partial charge in [0.15, 0.2) is 0 Å². The average Bonchev–Trinajstić information content (AvgIpc) is 2.38. The molecular weight excluding hydrogens is 230 g/mol. The van der Waals surface area contributed by atoms with E-state index in [-0.39, 0.29) is 23.7 Å².